The van der Waals surface area contributed by atoms with Gasteiger partial charge >= 0.3 is 0 Å². The van der Waals surface area contributed by atoms with Crippen LogP contribution >= 0.6 is 0 Å². The number of benzene rings is 1. The molecule has 0 amide bonds. The Kier molecular flexibility index (Phi) is 1.72. The first-order chi connectivity index (χ1) is 6.80. The molecule has 1 aromatic rings. The minimum absolute atomic E-state index is 0.488. The highest BCUT2D eigenvalue weighted by atomic mass is 15.0. The van der Waals surface area contributed by atoms with Crippen LogP contribution in [-0.4, -0.2) is 6.54 Å². The molecule has 3 rings (SSSR count). The van der Waals surface area contributed by atoms with Crippen molar-refractivity contribution in [2.75, 3.05) is 6.54 Å². The molecule has 1 heterocycles. The molecule has 2 atom stereocenters. The van der Waals surface area contributed by atoms with Gasteiger partial charge in [-0.2, -0.15) is 0 Å². The minimum atomic E-state index is 0.488. The van der Waals surface area contributed by atoms with Gasteiger partial charge in [-0.1, -0.05) is 31.2 Å². The summed E-state index contributed by atoms with van der Waals surface area (Å²) in [6, 6.07) is 9.54. The Morgan fingerprint density at radius 2 is 2.21 bits per heavy atom. The van der Waals surface area contributed by atoms with Gasteiger partial charge < -0.3 is 5.32 Å². The van der Waals surface area contributed by atoms with Crippen molar-refractivity contribution in [2.24, 2.45) is 5.41 Å². The lowest BCUT2D eigenvalue weighted by atomic mass is 9.76. The van der Waals surface area contributed by atoms with E-state index >= 15 is 0 Å². The normalized spacial score (nSPS) is 35.1. The highest BCUT2D eigenvalue weighted by molar-refractivity contribution is 5.38. The van der Waals surface area contributed by atoms with E-state index in [9.17, 15) is 0 Å². The van der Waals surface area contributed by atoms with E-state index < -0.39 is 0 Å². The molecule has 0 aromatic heterocycles. The average molecular weight is 187 g/mol. The number of hydrogen-bond acceptors (Lipinski definition) is 1. The SMILES string of the molecule is C[C@]12CCCN[C@H]1c1ccccc1C2. The molecule has 1 aromatic carbocycles. The molecule has 1 nitrogen and oxygen atoms in total. The van der Waals surface area contributed by atoms with Crippen molar-refractivity contribution >= 4 is 0 Å². The Labute approximate surface area is 85.5 Å². The molecule has 14 heavy (non-hydrogen) atoms. The van der Waals surface area contributed by atoms with Gasteiger partial charge in [0.1, 0.15) is 0 Å². The van der Waals surface area contributed by atoms with Gasteiger partial charge in [-0.25, -0.2) is 0 Å². The van der Waals surface area contributed by atoms with E-state index in [1.807, 2.05) is 0 Å². The molecule has 1 aliphatic heterocycles. The maximum atomic E-state index is 3.68. The first-order valence-electron chi connectivity index (χ1n) is 5.61. The quantitative estimate of drug-likeness (QED) is 0.658. The first-order valence-corrected chi connectivity index (χ1v) is 5.61. The summed E-state index contributed by atoms with van der Waals surface area (Å²) >= 11 is 0. The molecule has 1 fully saturated rings. The summed E-state index contributed by atoms with van der Waals surface area (Å²) in [5.74, 6) is 0. The van der Waals surface area contributed by atoms with Crippen molar-refractivity contribution in [3.05, 3.63) is 35.4 Å². The average Bonchev–Trinajstić information content (AvgIpc) is 2.49. The van der Waals surface area contributed by atoms with E-state index in [0.29, 0.717) is 11.5 Å². The number of piperidine rings is 1. The highest BCUT2D eigenvalue weighted by Gasteiger charge is 2.43. The molecular weight excluding hydrogens is 170 g/mol. The van der Waals surface area contributed by atoms with Gasteiger partial charge in [0.05, 0.1) is 0 Å². The zero-order valence-corrected chi connectivity index (χ0v) is 8.72. The molecule has 1 aliphatic carbocycles. The number of hydrogen-bond donors (Lipinski definition) is 1. The predicted molar refractivity (Wildman–Crippen MR) is 58.2 cm³/mol. The van der Waals surface area contributed by atoms with Crippen LogP contribution in [0, 0.1) is 5.41 Å². The second-order valence-electron chi connectivity index (χ2n) is 5.02. The molecule has 0 spiro atoms. The van der Waals surface area contributed by atoms with E-state index in [-0.39, 0.29) is 0 Å². The Bertz CT molecular complexity index is 358. The van der Waals surface area contributed by atoms with E-state index in [1.165, 1.54) is 25.8 Å². The van der Waals surface area contributed by atoms with Gasteiger partial charge in [0.2, 0.25) is 0 Å². The molecule has 1 heteroatoms. The van der Waals surface area contributed by atoms with E-state index in [1.54, 1.807) is 11.1 Å². The molecule has 1 saturated heterocycles. The van der Waals surface area contributed by atoms with Crippen molar-refractivity contribution in [1.82, 2.24) is 5.32 Å². The lowest BCUT2D eigenvalue weighted by Crippen LogP contribution is -2.38. The van der Waals surface area contributed by atoms with Crippen LogP contribution in [0.3, 0.4) is 0 Å². The van der Waals surface area contributed by atoms with E-state index in [0.717, 1.165) is 0 Å². The maximum absolute atomic E-state index is 3.68. The largest absolute Gasteiger partial charge is 0.309 e. The summed E-state index contributed by atoms with van der Waals surface area (Å²) in [4.78, 5) is 0. The summed E-state index contributed by atoms with van der Waals surface area (Å²) in [7, 11) is 0. The Morgan fingerprint density at radius 3 is 3.14 bits per heavy atom. The third-order valence-corrected chi connectivity index (χ3v) is 3.93. The molecule has 1 N–H and O–H groups in total. The van der Waals surface area contributed by atoms with Crippen LogP contribution in [0.25, 0.3) is 0 Å². The van der Waals surface area contributed by atoms with Crippen molar-refractivity contribution in [3.63, 3.8) is 0 Å². The lowest BCUT2D eigenvalue weighted by Gasteiger charge is -2.37. The monoisotopic (exact) mass is 187 g/mol. The van der Waals surface area contributed by atoms with Crippen molar-refractivity contribution in [2.45, 2.75) is 32.2 Å². The standard InChI is InChI=1S/C13H17N/c1-13-7-4-8-14-12(13)11-6-3-2-5-10(11)9-13/h2-3,5-6,12,14H,4,7-9H2,1H3/t12-,13+/m0/s1. The Hall–Kier alpha value is -0.820. The predicted octanol–water partition coefficient (Wildman–Crippen LogP) is 2.67. The summed E-state index contributed by atoms with van der Waals surface area (Å²) in [6.45, 7) is 3.62. The number of fused-ring (bicyclic) bond motifs is 3. The minimum Gasteiger partial charge on any atom is -0.309 e. The zero-order chi connectivity index (χ0) is 9.60. The van der Waals surface area contributed by atoms with Crippen LogP contribution in [0.1, 0.15) is 36.9 Å². The second-order valence-corrected chi connectivity index (χ2v) is 5.02. The van der Waals surface area contributed by atoms with Gasteiger partial charge in [-0.3, -0.25) is 0 Å². The topological polar surface area (TPSA) is 12.0 Å². The van der Waals surface area contributed by atoms with Crippen LogP contribution < -0.4 is 5.32 Å². The van der Waals surface area contributed by atoms with Crippen LogP contribution in [0.2, 0.25) is 0 Å². The van der Waals surface area contributed by atoms with Gasteiger partial charge in [0.25, 0.3) is 0 Å². The smallest absolute Gasteiger partial charge is 0.0380 e. The third-order valence-electron chi connectivity index (χ3n) is 3.93. The number of rotatable bonds is 0. The Morgan fingerprint density at radius 1 is 1.36 bits per heavy atom. The van der Waals surface area contributed by atoms with Crippen molar-refractivity contribution in [1.29, 1.82) is 0 Å². The van der Waals surface area contributed by atoms with E-state index in [4.69, 9.17) is 0 Å². The summed E-state index contributed by atoms with van der Waals surface area (Å²) in [5, 5.41) is 3.68. The third kappa shape index (κ3) is 1.05. The van der Waals surface area contributed by atoms with Gasteiger partial charge in [0, 0.05) is 6.04 Å². The van der Waals surface area contributed by atoms with Crippen LogP contribution in [-0.2, 0) is 6.42 Å². The molecule has 0 unspecified atom stereocenters. The summed E-state index contributed by atoms with van der Waals surface area (Å²) in [6.07, 6.45) is 3.97. The zero-order valence-electron chi connectivity index (χ0n) is 8.72. The maximum Gasteiger partial charge on any atom is 0.0380 e. The molecule has 0 bridgehead atoms. The fourth-order valence-corrected chi connectivity index (χ4v) is 3.22. The summed E-state index contributed by atoms with van der Waals surface area (Å²) < 4.78 is 0. The van der Waals surface area contributed by atoms with Gasteiger partial charge in [-0.05, 0) is 42.3 Å². The molecule has 74 valence electrons. The molecule has 0 saturated carbocycles. The first kappa shape index (κ1) is 8.49. The lowest BCUT2D eigenvalue weighted by molar-refractivity contribution is 0.178. The molecular formula is C13H17N. The fourth-order valence-electron chi connectivity index (χ4n) is 3.22. The number of nitrogens with one attached hydrogen (secondary N) is 1. The Balaban J connectivity index is 2.07. The highest BCUT2D eigenvalue weighted by Crippen LogP contribution is 2.49. The molecule has 0 radical (unpaired) electrons. The van der Waals surface area contributed by atoms with Crippen LogP contribution in [0.4, 0.5) is 0 Å². The van der Waals surface area contributed by atoms with Crippen LogP contribution in [0.5, 0.6) is 0 Å². The van der Waals surface area contributed by atoms with Crippen molar-refractivity contribution in [3.8, 4) is 0 Å². The summed E-state index contributed by atoms with van der Waals surface area (Å²) in [5.41, 5.74) is 3.60. The fraction of sp³-hybridized carbons (Fsp3) is 0.538. The van der Waals surface area contributed by atoms with Gasteiger partial charge in [0.15, 0.2) is 0 Å². The van der Waals surface area contributed by atoms with Crippen LogP contribution in [0.15, 0.2) is 24.3 Å². The van der Waals surface area contributed by atoms with E-state index in [2.05, 4.69) is 36.5 Å². The second kappa shape index (κ2) is 2.83. The molecule has 2 aliphatic rings. The van der Waals surface area contributed by atoms with Crippen molar-refractivity contribution < 1.29 is 0 Å². The van der Waals surface area contributed by atoms with Gasteiger partial charge in [-0.15, -0.1) is 0 Å².